The Hall–Kier alpha value is -1.56. The van der Waals surface area contributed by atoms with Gasteiger partial charge in [-0.05, 0) is 64.7 Å². The van der Waals surface area contributed by atoms with Crippen molar-refractivity contribution in [3.8, 4) is 0 Å². The topological polar surface area (TPSA) is 133 Å². The van der Waals surface area contributed by atoms with E-state index < -0.39 is 5.72 Å². The van der Waals surface area contributed by atoms with Crippen LogP contribution in [0.4, 0.5) is 0 Å². The molecule has 10 heteroatoms. The Morgan fingerprint density at radius 3 is 2.29 bits per heavy atom. The molecule has 48 heavy (non-hydrogen) atoms. The van der Waals surface area contributed by atoms with Gasteiger partial charge in [0.2, 0.25) is 12.0 Å². The fourth-order valence-electron chi connectivity index (χ4n) is 9.32. The first-order valence-corrected chi connectivity index (χ1v) is 19.6. The molecule has 0 amide bonds. The van der Waals surface area contributed by atoms with Crippen LogP contribution in [0.15, 0.2) is 12.2 Å². The first-order valence-electron chi connectivity index (χ1n) is 19.6. The molecule has 0 radical (unpaired) electrons. The molecule has 10 nitrogen and oxygen atoms in total. The van der Waals surface area contributed by atoms with Gasteiger partial charge in [0.05, 0.1) is 25.9 Å². The van der Waals surface area contributed by atoms with E-state index in [1.54, 1.807) is 0 Å². The van der Waals surface area contributed by atoms with E-state index in [9.17, 15) is 9.59 Å². The lowest BCUT2D eigenvalue weighted by molar-refractivity contribution is -0.841. The van der Waals surface area contributed by atoms with Gasteiger partial charge in [-0.15, -0.1) is 0 Å². The number of nitrogens with zero attached hydrogens (tertiary/aromatic N) is 1. The molecule has 5 heterocycles. The molecule has 276 valence electrons. The van der Waals surface area contributed by atoms with Gasteiger partial charge >= 0.3 is 11.9 Å². The molecule has 0 bridgehead atoms. The maximum atomic E-state index is 14.0. The first kappa shape index (κ1) is 39.2. The van der Waals surface area contributed by atoms with E-state index in [1.165, 1.54) is 58.5 Å². The third-order valence-corrected chi connectivity index (χ3v) is 11.7. The molecule has 4 saturated heterocycles. The molecule has 4 fully saturated rings. The molecule has 0 aromatic carbocycles. The number of esters is 2. The summed E-state index contributed by atoms with van der Waals surface area (Å²) in [6, 6.07) is 0.549. The summed E-state index contributed by atoms with van der Waals surface area (Å²) in [6.07, 6.45) is 28.7. The fourth-order valence-corrected chi connectivity index (χ4v) is 9.32. The number of ether oxygens (including phenoxy) is 4. The van der Waals surface area contributed by atoms with Crippen LogP contribution < -0.4 is 10.6 Å². The van der Waals surface area contributed by atoms with Gasteiger partial charge in [-0.25, -0.2) is 10.2 Å². The number of methoxy groups -OCH3 is 1. The van der Waals surface area contributed by atoms with Gasteiger partial charge in [0.1, 0.15) is 5.72 Å². The second-order valence-electron chi connectivity index (χ2n) is 15.2. The summed E-state index contributed by atoms with van der Waals surface area (Å²) < 4.78 is 24.5. The van der Waals surface area contributed by atoms with Gasteiger partial charge in [0, 0.05) is 31.3 Å². The molecule has 4 N–H and O–H groups in total. The third-order valence-electron chi connectivity index (χ3n) is 11.7. The van der Waals surface area contributed by atoms with Crippen molar-refractivity contribution in [1.29, 1.82) is 0 Å². The summed E-state index contributed by atoms with van der Waals surface area (Å²) in [5.41, 5.74) is -0.916. The highest BCUT2D eigenvalue weighted by molar-refractivity contribution is 5.75. The summed E-state index contributed by atoms with van der Waals surface area (Å²) in [5, 5.41) is 6.35. The van der Waals surface area contributed by atoms with Crippen LogP contribution in [0.5, 0.6) is 0 Å². The Bertz CT molecular complexity index is 1030. The van der Waals surface area contributed by atoms with Crippen molar-refractivity contribution in [2.45, 2.75) is 197 Å². The average Bonchev–Trinajstić information content (AvgIpc) is 3.36. The number of hydrogen-bond acceptors (Lipinski definition) is 9. The zero-order valence-corrected chi connectivity index (χ0v) is 30.3. The maximum absolute atomic E-state index is 14.0. The largest absolute Gasteiger partial charge is 0.870 e. The molecule has 0 aromatic heterocycles. The van der Waals surface area contributed by atoms with Gasteiger partial charge in [-0.3, -0.25) is 14.9 Å². The Morgan fingerprint density at radius 1 is 0.938 bits per heavy atom. The van der Waals surface area contributed by atoms with Crippen LogP contribution in [-0.2, 0) is 28.5 Å². The van der Waals surface area contributed by atoms with Crippen molar-refractivity contribution in [1.82, 2.24) is 10.2 Å². The van der Waals surface area contributed by atoms with E-state index in [4.69, 9.17) is 18.9 Å². The van der Waals surface area contributed by atoms with E-state index in [2.05, 4.69) is 41.5 Å². The first-order chi connectivity index (χ1) is 22.9. The number of allylic oxidation sites excluding steroid dienone is 1. The zero-order valence-electron chi connectivity index (χ0n) is 30.3. The molecule has 5 rings (SSSR count). The van der Waals surface area contributed by atoms with Crippen molar-refractivity contribution in [2.24, 2.45) is 5.92 Å². The predicted molar refractivity (Wildman–Crippen MR) is 184 cm³/mol. The Balaban J connectivity index is 0.00000520. The van der Waals surface area contributed by atoms with Gasteiger partial charge in [0.25, 0.3) is 0 Å². The highest BCUT2D eigenvalue weighted by Crippen LogP contribution is 2.46. The molecule has 5 aliphatic rings. The Labute approximate surface area is 290 Å². The van der Waals surface area contributed by atoms with Gasteiger partial charge < -0.3 is 24.4 Å². The number of hydrogen-bond donors (Lipinski definition) is 2. The minimum absolute atomic E-state index is 0. The normalized spacial score (nSPS) is 34.4. The molecule has 8 atom stereocenters. The monoisotopic (exact) mass is 677 g/mol. The molecule has 0 aromatic rings. The zero-order chi connectivity index (χ0) is 33.1. The Kier molecular flexibility index (Phi) is 15.7. The molecule has 5 aliphatic heterocycles. The molecule has 2 unspecified atom stereocenters. The number of nitrogens with two attached hydrogens (primary N) is 1. The van der Waals surface area contributed by atoms with Crippen molar-refractivity contribution in [3.05, 3.63) is 12.2 Å². The molecular weight excluding hydrogens is 610 g/mol. The van der Waals surface area contributed by atoms with Crippen LogP contribution in [-0.4, -0.2) is 78.1 Å². The standard InChI is InChI=1S/C38H65N3O6.H2O/c1-4-31-21-16-17-25-37(47-31)28-30-23-24-32-34(38(26-19-20-29(2)46-38)40-36(39-37)41(30)32)35(43)45-27-18-14-12-10-8-6-5-7-9-11-13-15-22-33(42)44-3;/h16,21,29-32,34,36,39-40H,4-15,17-20,22-28H2,1-3H3;1H2/t29-,30+,31+,32-,34?,36?,37+,38-;/m1./s1. The van der Waals surface area contributed by atoms with E-state index in [0.717, 1.165) is 83.5 Å². The number of nitrogens with one attached hydrogen (secondary N) is 1. The molecule has 0 saturated carbocycles. The van der Waals surface area contributed by atoms with E-state index in [1.807, 2.05) is 0 Å². The smallest absolute Gasteiger partial charge is 0.319 e. The minimum Gasteiger partial charge on any atom is -0.870 e. The lowest BCUT2D eigenvalue weighted by Gasteiger charge is -2.57. The van der Waals surface area contributed by atoms with Crippen LogP contribution in [0.1, 0.15) is 155 Å². The highest BCUT2D eigenvalue weighted by Gasteiger charge is 2.66. The van der Waals surface area contributed by atoms with Crippen molar-refractivity contribution in [3.63, 3.8) is 0 Å². The summed E-state index contributed by atoms with van der Waals surface area (Å²) >= 11 is 0. The number of quaternary nitrogens is 1. The number of carbonyl (C=O) groups excluding carboxylic acids is 2. The van der Waals surface area contributed by atoms with Crippen LogP contribution in [0.3, 0.4) is 0 Å². The summed E-state index contributed by atoms with van der Waals surface area (Å²) in [4.78, 5) is 27.8. The van der Waals surface area contributed by atoms with Crippen LogP contribution in [0.25, 0.3) is 0 Å². The fraction of sp³-hybridized carbons (Fsp3) is 0.895. The van der Waals surface area contributed by atoms with Crippen molar-refractivity contribution >= 4 is 11.9 Å². The SMILES string of the molecule is CC[C@H]1C=CCC[C@@]2(C[C@@H]3CC[C@@H]4C(C(=O)OCCCCCCCCCCCCCCC(=O)OC)[C@]5(CCC[C@@H](C)O5)[NH2+]C(N2)N34)O1.[OH-]. The van der Waals surface area contributed by atoms with Gasteiger partial charge in [-0.2, -0.15) is 0 Å². The van der Waals surface area contributed by atoms with E-state index >= 15 is 0 Å². The molecule has 2 spiro atoms. The molecule has 0 aliphatic carbocycles. The van der Waals surface area contributed by atoms with Crippen molar-refractivity contribution in [2.75, 3.05) is 13.7 Å². The number of carbonyl (C=O) groups is 2. The van der Waals surface area contributed by atoms with E-state index in [-0.39, 0.29) is 53.6 Å². The van der Waals surface area contributed by atoms with Crippen molar-refractivity contribution < 1.29 is 39.3 Å². The van der Waals surface area contributed by atoms with Gasteiger partial charge in [-0.1, -0.05) is 83.3 Å². The second-order valence-corrected chi connectivity index (χ2v) is 15.2. The van der Waals surface area contributed by atoms with Gasteiger partial charge in [0.15, 0.2) is 5.92 Å². The number of rotatable bonds is 17. The summed E-state index contributed by atoms with van der Waals surface area (Å²) in [5.74, 6) is -0.411. The summed E-state index contributed by atoms with van der Waals surface area (Å²) in [7, 11) is 1.46. The van der Waals surface area contributed by atoms with E-state index in [0.29, 0.717) is 19.1 Å². The maximum Gasteiger partial charge on any atom is 0.319 e. The van der Waals surface area contributed by atoms with Crippen LogP contribution in [0, 0.1) is 5.92 Å². The van der Waals surface area contributed by atoms with Crippen LogP contribution in [0.2, 0.25) is 0 Å². The predicted octanol–water partition coefficient (Wildman–Crippen LogP) is 6.03. The highest BCUT2D eigenvalue weighted by atomic mass is 16.6. The molecular formula is C38H67N3O7. The lowest BCUT2D eigenvalue weighted by atomic mass is 9.79. The third kappa shape index (κ3) is 10.0. The number of unbranched alkanes of at least 4 members (excludes halogenated alkanes) is 11. The Morgan fingerprint density at radius 2 is 1.62 bits per heavy atom. The average molecular weight is 678 g/mol. The minimum atomic E-state index is -0.586. The second kappa shape index (κ2) is 19.2. The summed E-state index contributed by atoms with van der Waals surface area (Å²) in [6.45, 7) is 4.88. The quantitative estimate of drug-likeness (QED) is 0.108. The van der Waals surface area contributed by atoms with Crippen LogP contribution >= 0.6 is 0 Å². The lowest BCUT2D eigenvalue weighted by Crippen LogP contribution is -3.12.